The maximum absolute atomic E-state index is 12.3. The van der Waals surface area contributed by atoms with Crippen molar-refractivity contribution >= 4 is 22.4 Å². The predicted molar refractivity (Wildman–Crippen MR) is 105 cm³/mol. The molecule has 0 fully saturated rings. The molecule has 0 unspecified atom stereocenters. The van der Waals surface area contributed by atoms with Crippen LogP contribution in [-0.2, 0) is 0 Å². The summed E-state index contributed by atoms with van der Waals surface area (Å²) in [7, 11) is 0. The van der Waals surface area contributed by atoms with Crippen LogP contribution in [0.3, 0.4) is 0 Å². The van der Waals surface area contributed by atoms with Gasteiger partial charge in [-0.05, 0) is 41.5 Å². The van der Waals surface area contributed by atoms with E-state index in [4.69, 9.17) is 4.42 Å². The number of fused-ring (bicyclic) bond motifs is 1. The molecule has 27 heavy (non-hydrogen) atoms. The lowest BCUT2D eigenvalue weighted by atomic mass is 10.1. The zero-order chi connectivity index (χ0) is 18.8. The fourth-order valence-corrected chi connectivity index (χ4v) is 2.79. The molecule has 134 valence electrons. The van der Waals surface area contributed by atoms with Crippen LogP contribution in [0.15, 0.2) is 71.7 Å². The number of hydrazine groups is 1. The monoisotopic (exact) mass is 358 g/mol. The highest BCUT2D eigenvalue weighted by molar-refractivity contribution is 5.93. The predicted octanol–water partition coefficient (Wildman–Crippen LogP) is 4.04. The summed E-state index contributed by atoms with van der Waals surface area (Å²) in [5, 5.41) is 9.08. The Morgan fingerprint density at radius 1 is 1.04 bits per heavy atom. The highest BCUT2D eigenvalue weighted by atomic mass is 16.3. The van der Waals surface area contributed by atoms with Crippen molar-refractivity contribution in [2.75, 3.05) is 0 Å². The van der Waals surface area contributed by atoms with Gasteiger partial charge in [0.25, 0.3) is 5.91 Å². The van der Waals surface area contributed by atoms with Gasteiger partial charge in [0.2, 0.25) is 0 Å². The Hall–Kier alpha value is -3.80. The number of aromatic nitrogens is 2. The number of carbonyl (C=O) groups is 1. The summed E-state index contributed by atoms with van der Waals surface area (Å²) in [5.74, 6) is 1.05. The third kappa shape index (κ3) is 3.46. The molecule has 0 bridgehead atoms. The number of benzene rings is 2. The third-order valence-electron chi connectivity index (χ3n) is 4.24. The SMILES string of the molecule is C=C(NNC(=O)c1cc(-c2ccc(C)o2)[nH]n1)c1ccc2ccccc2c1. The Bertz CT molecular complexity index is 1140. The summed E-state index contributed by atoms with van der Waals surface area (Å²) >= 11 is 0. The average molecular weight is 358 g/mol. The van der Waals surface area contributed by atoms with Crippen molar-refractivity contribution in [1.82, 2.24) is 21.0 Å². The van der Waals surface area contributed by atoms with Gasteiger partial charge in [-0.2, -0.15) is 5.10 Å². The van der Waals surface area contributed by atoms with E-state index < -0.39 is 0 Å². The number of carbonyl (C=O) groups excluding carboxylic acids is 1. The molecule has 2 aromatic carbocycles. The summed E-state index contributed by atoms with van der Waals surface area (Å²) in [5.41, 5.74) is 7.83. The van der Waals surface area contributed by atoms with Gasteiger partial charge in [0.05, 0.1) is 5.70 Å². The number of amides is 1. The van der Waals surface area contributed by atoms with Crippen LogP contribution in [0, 0.1) is 6.92 Å². The molecule has 0 atom stereocenters. The van der Waals surface area contributed by atoms with Crippen LogP contribution in [0.25, 0.3) is 27.9 Å². The van der Waals surface area contributed by atoms with Crippen LogP contribution in [0.1, 0.15) is 21.8 Å². The molecule has 0 spiro atoms. The largest absolute Gasteiger partial charge is 0.460 e. The van der Waals surface area contributed by atoms with E-state index in [1.807, 2.05) is 61.5 Å². The highest BCUT2D eigenvalue weighted by Gasteiger charge is 2.13. The Kier molecular flexibility index (Phi) is 4.22. The van der Waals surface area contributed by atoms with Gasteiger partial charge in [-0.1, -0.05) is 43.0 Å². The van der Waals surface area contributed by atoms with E-state index in [0.29, 0.717) is 17.2 Å². The van der Waals surface area contributed by atoms with Crippen LogP contribution in [0.4, 0.5) is 0 Å². The zero-order valence-corrected chi connectivity index (χ0v) is 14.7. The van der Waals surface area contributed by atoms with Crippen LogP contribution < -0.4 is 10.9 Å². The molecular formula is C21H18N4O2. The molecular weight excluding hydrogens is 340 g/mol. The number of aromatic amines is 1. The zero-order valence-electron chi connectivity index (χ0n) is 14.7. The van der Waals surface area contributed by atoms with Gasteiger partial charge in [0.1, 0.15) is 11.5 Å². The first-order chi connectivity index (χ1) is 13.1. The maximum Gasteiger partial charge on any atom is 0.290 e. The Morgan fingerprint density at radius 3 is 2.63 bits per heavy atom. The first kappa shape index (κ1) is 16.7. The molecule has 2 heterocycles. The van der Waals surface area contributed by atoms with Gasteiger partial charge in [-0.15, -0.1) is 0 Å². The summed E-state index contributed by atoms with van der Waals surface area (Å²) in [6, 6.07) is 19.4. The van der Waals surface area contributed by atoms with Crippen molar-refractivity contribution < 1.29 is 9.21 Å². The molecule has 0 aliphatic heterocycles. The first-order valence-electron chi connectivity index (χ1n) is 8.47. The fourth-order valence-electron chi connectivity index (χ4n) is 2.79. The number of hydrogen-bond acceptors (Lipinski definition) is 4. The van der Waals surface area contributed by atoms with Gasteiger partial charge in [0, 0.05) is 6.07 Å². The number of furan rings is 1. The third-order valence-corrected chi connectivity index (χ3v) is 4.24. The number of nitrogens with one attached hydrogen (secondary N) is 3. The Labute approximate surface area is 155 Å². The van der Waals surface area contributed by atoms with Crippen molar-refractivity contribution in [3.05, 3.63) is 84.3 Å². The minimum atomic E-state index is -0.372. The van der Waals surface area contributed by atoms with Crippen LogP contribution in [-0.4, -0.2) is 16.1 Å². The molecule has 1 amide bonds. The van der Waals surface area contributed by atoms with Crippen LogP contribution in [0.2, 0.25) is 0 Å². The standard InChI is InChI=1S/C21H18N4O2/c1-13-7-10-20(27-13)18-12-19(24-23-18)21(26)25-22-14(2)16-9-8-15-5-3-4-6-17(15)11-16/h3-12,22H,2H2,1H3,(H,23,24)(H,25,26). The van der Waals surface area contributed by atoms with Gasteiger partial charge in [-0.25, -0.2) is 0 Å². The van der Waals surface area contributed by atoms with Crippen molar-refractivity contribution in [3.8, 4) is 11.5 Å². The fraction of sp³-hybridized carbons (Fsp3) is 0.0476. The summed E-state index contributed by atoms with van der Waals surface area (Å²) in [4.78, 5) is 12.3. The number of H-pyrrole nitrogens is 1. The van der Waals surface area contributed by atoms with Gasteiger partial charge >= 0.3 is 0 Å². The Balaban J connectivity index is 1.42. The molecule has 6 heteroatoms. The smallest absolute Gasteiger partial charge is 0.290 e. The summed E-state index contributed by atoms with van der Waals surface area (Å²) in [6.45, 7) is 5.84. The lowest BCUT2D eigenvalue weighted by Crippen LogP contribution is -2.36. The van der Waals surface area contributed by atoms with Crippen LogP contribution >= 0.6 is 0 Å². The maximum atomic E-state index is 12.3. The van der Waals surface area contributed by atoms with Gasteiger partial charge in [0.15, 0.2) is 11.5 Å². The molecule has 6 nitrogen and oxygen atoms in total. The lowest BCUT2D eigenvalue weighted by molar-refractivity contribution is 0.0937. The van der Waals surface area contributed by atoms with E-state index in [9.17, 15) is 4.79 Å². The molecule has 0 aliphatic rings. The number of nitrogens with zero attached hydrogens (tertiary/aromatic N) is 1. The summed E-state index contributed by atoms with van der Waals surface area (Å²) < 4.78 is 5.52. The van der Waals surface area contributed by atoms with E-state index in [2.05, 4.69) is 27.6 Å². The summed E-state index contributed by atoms with van der Waals surface area (Å²) in [6.07, 6.45) is 0. The van der Waals surface area contributed by atoms with Crippen molar-refractivity contribution in [2.45, 2.75) is 6.92 Å². The minimum Gasteiger partial charge on any atom is -0.460 e. The number of aryl methyl sites for hydroxylation is 1. The Morgan fingerprint density at radius 2 is 1.85 bits per heavy atom. The molecule has 0 saturated carbocycles. The number of hydrogen-bond donors (Lipinski definition) is 3. The van der Waals surface area contributed by atoms with Crippen molar-refractivity contribution in [1.29, 1.82) is 0 Å². The minimum absolute atomic E-state index is 0.248. The van der Waals surface area contributed by atoms with Crippen molar-refractivity contribution in [2.24, 2.45) is 0 Å². The molecule has 0 aliphatic carbocycles. The van der Waals surface area contributed by atoms with E-state index in [0.717, 1.165) is 22.1 Å². The van der Waals surface area contributed by atoms with Crippen molar-refractivity contribution in [3.63, 3.8) is 0 Å². The van der Waals surface area contributed by atoms with Crippen LogP contribution in [0.5, 0.6) is 0 Å². The van der Waals surface area contributed by atoms with Gasteiger partial charge in [-0.3, -0.25) is 20.7 Å². The molecule has 0 saturated heterocycles. The van der Waals surface area contributed by atoms with Gasteiger partial charge < -0.3 is 4.42 Å². The topological polar surface area (TPSA) is 83.0 Å². The molecule has 2 aromatic heterocycles. The van der Waals surface area contributed by atoms with E-state index in [1.165, 1.54) is 0 Å². The lowest BCUT2D eigenvalue weighted by Gasteiger charge is -2.11. The molecule has 0 radical (unpaired) electrons. The first-order valence-corrected chi connectivity index (χ1v) is 8.47. The second-order valence-corrected chi connectivity index (χ2v) is 6.20. The average Bonchev–Trinajstić information content (AvgIpc) is 3.34. The molecule has 4 aromatic rings. The quantitative estimate of drug-likeness (QED) is 0.470. The van der Waals surface area contributed by atoms with E-state index in [1.54, 1.807) is 6.07 Å². The second kappa shape index (κ2) is 6.84. The number of rotatable bonds is 5. The van der Waals surface area contributed by atoms with E-state index in [-0.39, 0.29) is 11.6 Å². The normalized spacial score (nSPS) is 10.7. The molecule has 3 N–H and O–H groups in total. The highest BCUT2D eigenvalue weighted by Crippen LogP contribution is 2.21. The van der Waals surface area contributed by atoms with E-state index >= 15 is 0 Å². The molecule has 4 rings (SSSR count). The second-order valence-electron chi connectivity index (χ2n) is 6.20.